The summed E-state index contributed by atoms with van der Waals surface area (Å²) in [4.78, 5) is 0. The van der Waals surface area contributed by atoms with Crippen molar-refractivity contribution in [1.82, 2.24) is 5.32 Å². The van der Waals surface area contributed by atoms with Gasteiger partial charge in [-0.15, -0.1) is 0 Å². The van der Waals surface area contributed by atoms with Crippen molar-refractivity contribution in [1.29, 1.82) is 0 Å². The summed E-state index contributed by atoms with van der Waals surface area (Å²) in [6.45, 7) is 5.53. The van der Waals surface area contributed by atoms with Crippen molar-refractivity contribution >= 4 is 0 Å². The van der Waals surface area contributed by atoms with Crippen LogP contribution in [-0.2, 0) is 6.42 Å². The minimum absolute atomic E-state index is 0.0223. The van der Waals surface area contributed by atoms with Crippen LogP contribution in [0.15, 0.2) is 30.3 Å². The first-order chi connectivity index (χ1) is 10.1. The fraction of sp³-hybridized carbons (Fsp3) is 0.333. The lowest BCUT2D eigenvalue weighted by molar-refractivity contribution is 0.396. The van der Waals surface area contributed by atoms with Crippen LogP contribution in [0.1, 0.15) is 33.7 Å². The molecule has 0 spiro atoms. The van der Waals surface area contributed by atoms with Gasteiger partial charge in [0, 0.05) is 12.5 Å². The van der Waals surface area contributed by atoms with Crippen molar-refractivity contribution in [2.45, 2.75) is 26.2 Å². The molecule has 0 fully saturated rings. The highest BCUT2D eigenvalue weighted by atomic mass is 16.3. The molecule has 0 aliphatic carbocycles. The molecular formula is C18H21NO2. The largest absolute Gasteiger partial charge is 0.504 e. The quantitative estimate of drug-likeness (QED) is 0.705. The van der Waals surface area contributed by atoms with Crippen molar-refractivity contribution in [3.05, 3.63) is 58.1 Å². The maximum absolute atomic E-state index is 10.2. The first-order valence-corrected chi connectivity index (χ1v) is 7.40. The average molecular weight is 283 g/mol. The first-order valence-electron chi connectivity index (χ1n) is 7.40. The molecule has 2 aromatic rings. The molecule has 2 aromatic carbocycles. The predicted molar refractivity (Wildman–Crippen MR) is 84.1 cm³/mol. The van der Waals surface area contributed by atoms with Crippen LogP contribution >= 0.6 is 0 Å². The summed E-state index contributed by atoms with van der Waals surface area (Å²) in [5.41, 5.74) is 5.17. The Labute approximate surface area is 125 Å². The zero-order valence-corrected chi connectivity index (χ0v) is 12.5. The second-order valence-corrected chi connectivity index (χ2v) is 5.76. The van der Waals surface area contributed by atoms with Crippen LogP contribution in [0.4, 0.5) is 0 Å². The number of hydrogen-bond donors (Lipinski definition) is 3. The van der Waals surface area contributed by atoms with Crippen LogP contribution < -0.4 is 5.32 Å². The summed E-state index contributed by atoms with van der Waals surface area (Å²) in [6, 6.07) is 10.4. The molecule has 3 N–H and O–H groups in total. The van der Waals surface area contributed by atoms with E-state index in [0.29, 0.717) is 0 Å². The Hall–Kier alpha value is -2.00. The van der Waals surface area contributed by atoms with Gasteiger partial charge in [-0.05, 0) is 54.6 Å². The maximum atomic E-state index is 10.2. The molecule has 3 rings (SSSR count). The summed E-state index contributed by atoms with van der Waals surface area (Å²) < 4.78 is 0. The van der Waals surface area contributed by atoms with E-state index in [-0.39, 0.29) is 17.4 Å². The lowest BCUT2D eigenvalue weighted by Gasteiger charge is -2.23. The van der Waals surface area contributed by atoms with Crippen LogP contribution in [0.3, 0.4) is 0 Å². The molecule has 0 saturated heterocycles. The molecule has 1 heterocycles. The Balaban J connectivity index is 2.25. The third-order valence-corrected chi connectivity index (χ3v) is 4.57. The van der Waals surface area contributed by atoms with E-state index in [9.17, 15) is 10.2 Å². The second-order valence-electron chi connectivity index (χ2n) is 5.76. The highest BCUT2D eigenvalue weighted by molar-refractivity contribution is 5.60. The molecule has 110 valence electrons. The van der Waals surface area contributed by atoms with Gasteiger partial charge in [-0.2, -0.15) is 0 Å². The number of hydrogen-bond acceptors (Lipinski definition) is 3. The third kappa shape index (κ3) is 2.28. The van der Waals surface area contributed by atoms with Gasteiger partial charge < -0.3 is 15.5 Å². The highest BCUT2D eigenvalue weighted by Crippen LogP contribution is 2.43. The molecule has 1 unspecified atom stereocenters. The Kier molecular flexibility index (Phi) is 3.60. The molecule has 1 aliphatic heterocycles. The van der Waals surface area contributed by atoms with Gasteiger partial charge in [0.2, 0.25) is 0 Å². The Morgan fingerprint density at radius 2 is 1.67 bits per heavy atom. The van der Waals surface area contributed by atoms with E-state index in [2.05, 4.69) is 17.4 Å². The van der Waals surface area contributed by atoms with Gasteiger partial charge >= 0.3 is 0 Å². The summed E-state index contributed by atoms with van der Waals surface area (Å²) in [6.07, 6.45) is 0.874. The monoisotopic (exact) mass is 283 g/mol. The molecule has 1 aliphatic rings. The number of phenolic OH excluding ortho intramolecular Hbond substituents is 2. The van der Waals surface area contributed by atoms with Crippen LogP contribution in [0, 0.1) is 13.8 Å². The number of phenols is 2. The number of benzene rings is 2. The number of fused-ring (bicyclic) bond motifs is 1. The van der Waals surface area contributed by atoms with E-state index in [1.165, 1.54) is 16.7 Å². The first kappa shape index (κ1) is 14.0. The number of nitrogens with one attached hydrogen (secondary N) is 1. The fourth-order valence-electron chi connectivity index (χ4n) is 3.38. The highest BCUT2D eigenvalue weighted by Gasteiger charge is 2.27. The van der Waals surface area contributed by atoms with Crippen LogP contribution in [0.2, 0.25) is 0 Å². The predicted octanol–water partition coefficient (Wildman–Crippen LogP) is 2.99. The van der Waals surface area contributed by atoms with E-state index in [1.807, 2.05) is 32.0 Å². The second kappa shape index (κ2) is 5.41. The van der Waals surface area contributed by atoms with E-state index in [4.69, 9.17) is 0 Å². The lowest BCUT2D eigenvalue weighted by atomic mass is 9.82. The van der Waals surface area contributed by atoms with E-state index >= 15 is 0 Å². The zero-order chi connectivity index (χ0) is 15.0. The van der Waals surface area contributed by atoms with Crippen molar-refractivity contribution in [2.24, 2.45) is 0 Å². The third-order valence-electron chi connectivity index (χ3n) is 4.57. The Morgan fingerprint density at radius 3 is 2.38 bits per heavy atom. The lowest BCUT2D eigenvalue weighted by Crippen LogP contribution is -2.21. The van der Waals surface area contributed by atoms with Gasteiger partial charge in [-0.25, -0.2) is 0 Å². The average Bonchev–Trinajstić information content (AvgIpc) is 2.74. The molecule has 0 bridgehead atoms. The van der Waals surface area contributed by atoms with E-state index in [0.717, 1.165) is 30.6 Å². The summed E-state index contributed by atoms with van der Waals surface area (Å²) in [7, 11) is 0. The smallest absolute Gasteiger partial charge is 0.160 e. The van der Waals surface area contributed by atoms with Crippen molar-refractivity contribution < 1.29 is 10.2 Å². The maximum Gasteiger partial charge on any atom is 0.160 e. The van der Waals surface area contributed by atoms with Gasteiger partial charge in [0.1, 0.15) is 0 Å². The SMILES string of the molecule is Cc1c(O)c(O)c(C)c2c1CCNCC2c1ccccc1. The van der Waals surface area contributed by atoms with E-state index in [1.54, 1.807) is 0 Å². The van der Waals surface area contributed by atoms with Gasteiger partial charge in [0.15, 0.2) is 11.5 Å². The van der Waals surface area contributed by atoms with Crippen LogP contribution in [0.5, 0.6) is 11.5 Å². The molecule has 0 radical (unpaired) electrons. The minimum Gasteiger partial charge on any atom is -0.504 e. The normalized spacial score (nSPS) is 18.1. The summed E-state index contributed by atoms with van der Waals surface area (Å²) in [5.74, 6) is 0.253. The van der Waals surface area contributed by atoms with Crippen LogP contribution in [0.25, 0.3) is 0 Å². The molecule has 0 amide bonds. The zero-order valence-electron chi connectivity index (χ0n) is 12.5. The molecule has 21 heavy (non-hydrogen) atoms. The molecule has 1 atom stereocenters. The fourth-order valence-corrected chi connectivity index (χ4v) is 3.38. The molecular weight excluding hydrogens is 262 g/mol. The van der Waals surface area contributed by atoms with Gasteiger partial charge in [0.05, 0.1) is 0 Å². The Morgan fingerprint density at radius 1 is 1.00 bits per heavy atom. The summed E-state index contributed by atoms with van der Waals surface area (Å²) >= 11 is 0. The van der Waals surface area contributed by atoms with Gasteiger partial charge in [-0.3, -0.25) is 0 Å². The van der Waals surface area contributed by atoms with Crippen molar-refractivity contribution in [3.8, 4) is 11.5 Å². The number of aromatic hydroxyl groups is 2. The minimum atomic E-state index is 0.0223. The summed E-state index contributed by atoms with van der Waals surface area (Å²) in [5, 5.41) is 23.8. The van der Waals surface area contributed by atoms with Crippen molar-refractivity contribution in [3.63, 3.8) is 0 Å². The molecule has 0 saturated carbocycles. The molecule has 0 aromatic heterocycles. The number of rotatable bonds is 1. The standard InChI is InChI=1S/C18H21NO2/c1-11-14-8-9-19-10-15(13-6-4-3-5-7-13)16(14)12(2)18(21)17(11)20/h3-7,15,19-21H,8-10H2,1-2H3. The molecule has 3 nitrogen and oxygen atoms in total. The topological polar surface area (TPSA) is 52.5 Å². The van der Waals surface area contributed by atoms with Gasteiger partial charge in [0.25, 0.3) is 0 Å². The Bertz CT molecular complexity index is 665. The molecule has 3 heteroatoms. The van der Waals surface area contributed by atoms with E-state index < -0.39 is 0 Å². The van der Waals surface area contributed by atoms with Gasteiger partial charge in [-0.1, -0.05) is 30.3 Å². The van der Waals surface area contributed by atoms with Crippen molar-refractivity contribution in [2.75, 3.05) is 13.1 Å². The van der Waals surface area contributed by atoms with Crippen LogP contribution in [-0.4, -0.2) is 23.3 Å².